The van der Waals surface area contributed by atoms with E-state index in [1.54, 1.807) is 30.3 Å². The lowest BCUT2D eigenvalue weighted by Gasteiger charge is -2.21. The third-order valence-electron chi connectivity index (χ3n) is 5.46. The van der Waals surface area contributed by atoms with Gasteiger partial charge in [0.05, 0.1) is 0 Å². The van der Waals surface area contributed by atoms with Crippen molar-refractivity contribution in [1.29, 1.82) is 10.8 Å². The van der Waals surface area contributed by atoms with Crippen LogP contribution in [-0.4, -0.2) is 18.0 Å². The van der Waals surface area contributed by atoms with Crippen molar-refractivity contribution in [3.63, 3.8) is 0 Å². The van der Waals surface area contributed by atoms with E-state index in [2.05, 4.69) is 6.92 Å². The Bertz CT molecular complexity index is 1290. The molecular formula is C27H28N4O3. The molecule has 4 rings (SSSR count). The van der Waals surface area contributed by atoms with E-state index >= 15 is 0 Å². The molecule has 34 heavy (non-hydrogen) atoms. The molecule has 0 fully saturated rings. The second-order valence-corrected chi connectivity index (χ2v) is 8.05. The fourth-order valence-electron chi connectivity index (χ4n) is 3.57. The number of nitrogens with two attached hydrogens (primary N) is 2. The first-order chi connectivity index (χ1) is 16.4. The molecule has 0 aliphatic carbocycles. The molecule has 0 aliphatic heterocycles. The van der Waals surface area contributed by atoms with Crippen molar-refractivity contribution in [2.75, 3.05) is 0 Å². The molecule has 0 saturated heterocycles. The average Bonchev–Trinajstić information content (AvgIpc) is 3.27. The van der Waals surface area contributed by atoms with Gasteiger partial charge >= 0.3 is 0 Å². The van der Waals surface area contributed by atoms with Gasteiger partial charge < -0.3 is 25.4 Å². The number of hydrogen-bond acceptors (Lipinski definition) is 5. The van der Waals surface area contributed by atoms with Crippen molar-refractivity contribution in [2.24, 2.45) is 11.5 Å². The van der Waals surface area contributed by atoms with Gasteiger partial charge in [0.15, 0.2) is 0 Å². The van der Waals surface area contributed by atoms with E-state index in [0.717, 1.165) is 36.0 Å². The maximum atomic E-state index is 7.60. The van der Waals surface area contributed by atoms with Crippen LogP contribution >= 0.6 is 0 Å². The van der Waals surface area contributed by atoms with Crippen LogP contribution in [0.1, 0.15) is 37.3 Å². The molecule has 4 aromatic rings. The zero-order chi connectivity index (χ0) is 24.1. The lowest BCUT2D eigenvalue weighted by atomic mass is 10.1. The highest BCUT2D eigenvalue weighted by atomic mass is 16.7. The van der Waals surface area contributed by atoms with Gasteiger partial charge in [-0.3, -0.25) is 10.8 Å². The highest BCUT2D eigenvalue weighted by molar-refractivity contribution is 5.98. The third kappa shape index (κ3) is 5.38. The largest absolute Gasteiger partial charge is 0.456 e. The lowest BCUT2D eigenvalue weighted by molar-refractivity contribution is -0.00211. The number of benzene rings is 3. The van der Waals surface area contributed by atoms with Crippen LogP contribution in [0.25, 0.3) is 22.3 Å². The van der Waals surface area contributed by atoms with Crippen molar-refractivity contribution >= 4 is 22.6 Å². The topological polar surface area (TPSA) is 131 Å². The lowest BCUT2D eigenvalue weighted by Crippen LogP contribution is -2.24. The molecule has 0 saturated carbocycles. The number of hydrogen-bond donors (Lipinski definition) is 4. The van der Waals surface area contributed by atoms with Crippen LogP contribution in [0.4, 0.5) is 0 Å². The molecule has 6 N–H and O–H groups in total. The van der Waals surface area contributed by atoms with Gasteiger partial charge in [0.1, 0.15) is 34.5 Å². The van der Waals surface area contributed by atoms with E-state index in [4.69, 9.17) is 36.2 Å². The second-order valence-electron chi connectivity index (χ2n) is 8.05. The van der Waals surface area contributed by atoms with Crippen LogP contribution in [0.3, 0.4) is 0 Å². The maximum absolute atomic E-state index is 7.60. The monoisotopic (exact) mass is 456 g/mol. The molecule has 7 nitrogen and oxygen atoms in total. The van der Waals surface area contributed by atoms with Crippen LogP contribution in [0.5, 0.6) is 11.5 Å². The van der Waals surface area contributed by atoms with Crippen LogP contribution in [-0.2, 0) is 0 Å². The Morgan fingerprint density at radius 2 is 1.41 bits per heavy atom. The van der Waals surface area contributed by atoms with E-state index < -0.39 is 6.29 Å². The van der Waals surface area contributed by atoms with Gasteiger partial charge in [-0.2, -0.15) is 0 Å². The maximum Gasteiger partial charge on any atom is 0.241 e. The Morgan fingerprint density at radius 1 is 0.824 bits per heavy atom. The predicted octanol–water partition coefficient (Wildman–Crippen LogP) is 5.64. The molecule has 0 amide bonds. The minimum Gasteiger partial charge on any atom is -0.456 e. The molecule has 1 heterocycles. The second kappa shape index (κ2) is 10.1. The zero-order valence-electron chi connectivity index (χ0n) is 19.0. The van der Waals surface area contributed by atoms with E-state index in [9.17, 15) is 0 Å². The standard InChI is InChI=1S/C27H28N4O3/c1-2-3-4-25(33-22-13-9-18(10-14-22)26(28)29)32-21-11-7-17(8-12-21)23-15-19-5-6-20(27(30)31)16-24(19)34-23/h5-16,25H,2-4H2,1H3,(H3,28,29)(H3,30,31). The Kier molecular flexibility index (Phi) is 6.82. The summed E-state index contributed by atoms with van der Waals surface area (Å²) in [6, 6.07) is 22.2. The summed E-state index contributed by atoms with van der Waals surface area (Å²) in [5.41, 5.74) is 14.0. The van der Waals surface area contributed by atoms with Gasteiger partial charge in [0.25, 0.3) is 0 Å². The van der Waals surface area contributed by atoms with Crippen molar-refractivity contribution < 1.29 is 13.9 Å². The van der Waals surface area contributed by atoms with Crippen LogP contribution < -0.4 is 20.9 Å². The summed E-state index contributed by atoms with van der Waals surface area (Å²) < 4.78 is 18.2. The summed E-state index contributed by atoms with van der Waals surface area (Å²) in [6.07, 6.45) is 2.30. The number of amidine groups is 2. The molecule has 1 unspecified atom stereocenters. The van der Waals surface area contributed by atoms with Crippen molar-refractivity contribution in [3.05, 3.63) is 83.9 Å². The summed E-state index contributed by atoms with van der Waals surface area (Å²) in [7, 11) is 0. The van der Waals surface area contributed by atoms with Crippen LogP contribution in [0.2, 0.25) is 0 Å². The van der Waals surface area contributed by atoms with Crippen LogP contribution in [0.15, 0.2) is 77.2 Å². The minimum atomic E-state index is -0.440. The number of furan rings is 1. The van der Waals surface area contributed by atoms with E-state index in [-0.39, 0.29) is 11.7 Å². The molecule has 0 spiro atoms. The molecule has 1 atom stereocenters. The van der Waals surface area contributed by atoms with E-state index in [1.165, 1.54) is 0 Å². The molecule has 0 radical (unpaired) electrons. The molecule has 7 heteroatoms. The molecule has 1 aromatic heterocycles. The number of nitrogens with one attached hydrogen (secondary N) is 2. The normalized spacial score (nSPS) is 11.8. The Hall–Kier alpha value is -4.26. The van der Waals surface area contributed by atoms with Gasteiger partial charge in [-0.1, -0.05) is 25.5 Å². The fourth-order valence-corrected chi connectivity index (χ4v) is 3.57. The predicted molar refractivity (Wildman–Crippen MR) is 135 cm³/mol. The zero-order valence-corrected chi connectivity index (χ0v) is 19.0. The number of fused-ring (bicyclic) bond motifs is 1. The summed E-state index contributed by atoms with van der Waals surface area (Å²) in [5.74, 6) is 2.12. The molecule has 0 aliphatic rings. The van der Waals surface area contributed by atoms with Gasteiger partial charge in [0.2, 0.25) is 6.29 Å². The molecule has 0 bridgehead atoms. The quantitative estimate of drug-likeness (QED) is 0.139. The number of ether oxygens (including phenoxy) is 2. The molecular weight excluding hydrogens is 428 g/mol. The Balaban J connectivity index is 1.48. The Morgan fingerprint density at radius 3 is 2.00 bits per heavy atom. The van der Waals surface area contributed by atoms with Gasteiger partial charge in [-0.05, 0) is 67.1 Å². The van der Waals surface area contributed by atoms with Gasteiger partial charge in [-0.15, -0.1) is 0 Å². The van der Waals surface area contributed by atoms with Crippen LogP contribution in [0, 0.1) is 10.8 Å². The molecule has 3 aromatic carbocycles. The molecule has 174 valence electrons. The highest BCUT2D eigenvalue weighted by Gasteiger charge is 2.14. The number of nitrogen functional groups attached to an aromatic ring is 2. The summed E-state index contributed by atoms with van der Waals surface area (Å²) >= 11 is 0. The van der Waals surface area contributed by atoms with Crippen molar-refractivity contribution in [3.8, 4) is 22.8 Å². The highest BCUT2D eigenvalue weighted by Crippen LogP contribution is 2.30. The first kappa shape index (κ1) is 22.9. The average molecular weight is 457 g/mol. The van der Waals surface area contributed by atoms with Crippen molar-refractivity contribution in [2.45, 2.75) is 32.5 Å². The number of rotatable bonds is 10. The minimum absolute atomic E-state index is 0.0102. The van der Waals surface area contributed by atoms with Gasteiger partial charge in [-0.25, -0.2) is 0 Å². The first-order valence-electron chi connectivity index (χ1n) is 11.2. The van der Waals surface area contributed by atoms with Crippen molar-refractivity contribution in [1.82, 2.24) is 0 Å². The van der Waals surface area contributed by atoms with E-state index in [1.807, 2.05) is 42.5 Å². The smallest absolute Gasteiger partial charge is 0.241 e. The number of unbranched alkanes of at least 4 members (excludes halogenated alkanes) is 1. The summed E-state index contributed by atoms with van der Waals surface area (Å²) in [4.78, 5) is 0. The summed E-state index contributed by atoms with van der Waals surface area (Å²) in [5, 5.41) is 16.1. The first-order valence-corrected chi connectivity index (χ1v) is 11.2. The SMILES string of the molecule is CCCCC(Oc1ccc(C(=N)N)cc1)Oc1ccc(-c2cc3ccc(C(=N)N)cc3o2)cc1. The Labute approximate surface area is 198 Å². The van der Waals surface area contributed by atoms with E-state index in [0.29, 0.717) is 28.2 Å². The summed E-state index contributed by atoms with van der Waals surface area (Å²) in [6.45, 7) is 2.13. The van der Waals surface area contributed by atoms with Gasteiger partial charge in [0, 0.05) is 28.5 Å². The fraction of sp³-hybridized carbons (Fsp3) is 0.185. The third-order valence-corrected chi connectivity index (χ3v) is 5.46.